The van der Waals surface area contributed by atoms with E-state index in [2.05, 4.69) is 84.8 Å². The molecular formula is C116H138FN3O16Si. The van der Waals surface area contributed by atoms with Gasteiger partial charge in [-0.2, -0.15) is 0 Å². The Balaban J connectivity index is 0.000000189. The van der Waals surface area contributed by atoms with E-state index in [-0.39, 0.29) is 49.8 Å². The molecule has 21 heteroatoms. The summed E-state index contributed by atoms with van der Waals surface area (Å²) >= 11 is 0. The van der Waals surface area contributed by atoms with Crippen molar-refractivity contribution in [2.45, 2.75) is 250 Å². The summed E-state index contributed by atoms with van der Waals surface area (Å²) in [7, 11) is -2.10. The Kier molecular flexibility index (Phi) is 37.4. The number of benzene rings is 12. The Labute approximate surface area is 809 Å². The zero-order valence-corrected chi connectivity index (χ0v) is 86.2. The molecule has 0 aromatic heterocycles. The fourth-order valence-electron chi connectivity index (χ4n) is 15.1. The molecule has 19 nitrogen and oxygen atoms in total. The van der Waals surface area contributed by atoms with E-state index < -0.39 is 14.1 Å². The quantitative estimate of drug-likeness (QED) is 0.0108. The van der Waals surface area contributed by atoms with Gasteiger partial charge in [-0.3, -0.25) is 20.0 Å². The molecule has 6 N–H and O–H groups in total. The maximum atomic E-state index is 14.4. The summed E-state index contributed by atoms with van der Waals surface area (Å²) in [5, 5.41) is 58.2. The molecule has 2 aliphatic heterocycles. The summed E-state index contributed by atoms with van der Waals surface area (Å²) in [6, 6.07) is 53.0. The lowest BCUT2D eigenvalue weighted by atomic mass is 9.99. The maximum Gasteiger partial charge on any atom is 0.250 e. The van der Waals surface area contributed by atoms with Crippen LogP contribution >= 0.6 is 0 Å². The van der Waals surface area contributed by atoms with Gasteiger partial charge in [0, 0.05) is 56.1 Å². The summed E-state index contributed by atoms with van der Waals surface area (Å²) in [6.45, 7) is 56.5. The first kappa shape index (κ1) is 107. The molecule has 0 fully saturated rings. The third-order valence-corrected chi connectivity index (χ3v) is 30.1. The summed E-state index contributed by atoms with van der Waals surface area (Å²) < 4.78 is 62.5. The fourth-order valence-corrected chi connectivity index (χ4v) is 16.2. The minimum Gasteiger partial charge on any atom is -0.543 e. The molecule has 2 aliphatic carbocycles. The number of phenolic OH excluding ortho intramolecular Hbond substituents is 4. The Morgan fingerprint density at radius 1 is 0.401 bits per heavy atom. The molecule has 0 saturated heterocycles. The van der Waals surface area contributed by atoms with E-state index >= 15 is 0 Å². The normalized spacial score (nSPS) is 11.4. The number of anilines is 1. The predicted molar refractivity (Wildman–Crippen MR) is 554 cm³/mol. The Hall–Kier alpha value is -13.5. The Bertz CT molecular complexity index is 6310. The minimum atomic E-state index is -2.10. The van der Waals surface area contributed by atoms with Gasteiger partial charge in [0.05, 0.1) is 0 Å². The second kappa shape index (κ2) is 47.8. The third kappa shape index (κ3) is 27.0. The molecule has 0 unspecified atom stereocenters. The van der Waals surface area contributed by atoms with Crippen molar-refractivity contribution in [3.8, 4) is 80.4 Å². The molecule has 137 heavy (non-hydrogen) atoms. The van der Waals surface area contributed by atoms with E-state index in [0.29, 0.717) is 106 Å². The summed E-state index contributed by atoms with van der Waals surface area (Å²) in [5.41, 5.74) is 27.2. The number of nitrogens with zero attached hydrogens (tertiary/aromatic N) is 3. The highest BCUT2D eigenvalue weighted by Crippen LogP contribution is 2.47. The number of aromatic hydroxyl groups is 4. The number of aryl methyl sites for hydroxylation is 2. The zero-order chi connectivity index (χ0) is 101. The molecule has 0 bridgehead atoms. The second-order valence-electron chi connectivity index (χ2n) is 37.3. The van der Waals surface area contributed by atoms with E-state index in [1.807, 2.05) is 234 Å². The SMILES string of the molecule is CC(C)=CCC/C(C)=C/CC/C(C)=C/COc1ccc2nc3c(C)c(C)c(=O)c(C)c-3oc2c1.Cc1c(C)c(N(O)O)c(F)c(C)c1O[Si](C)(C)C(C)(C)C.Cc1c(C)c(OCc2ccccc2)c(O)c(C)c1OCc1ccccc1.Cc1c(C)c(OCc2ccccc2)c(O)c(C)c1OCc1ccccc1.Cc1cc(O)c(C)c(C)c1O.Cc1ccc2nc3c(C)c(C)c(=O)c(C)c-3oc2c1. The monoisotopic (exact) mass is 1880 g/mol. The van der Waals surface area contributed by atoms with Gasteiger partial charge >= 0.3 is 0 Å². The summed E-state index contributed by atoms with van der Waals surface area (Å²) in [6.07, 6.45) is 11.1. The number of aromatic nitrogens is 2. The van der Waals surface area contributed by atoms with Crippen molar-refractivity contribution in [2.24, 2.45) is 0 Å². The predicted octanol–water partition coefficient (Wildman–Crippen LogP) is 29.2. The number of hydrogen-bond acceptors (Lipinski definition) is 19. The van der Waals surface area contributed by atoms with Gasteiger partial charge < -0.3 is 57.4 Å². The Morgan fingerprint density at radius 2 is 0.781 bits per heavy atom. The number of rotatable bonds is 24. The standard InChI is InChI=1S/C30H37NO3.2C23H24O3.C16H15NO2.C15H26FNO3Si.C9H12O2/c1-19(2)10-8-11-20(3)12-9-13-21(4)16-17-33-25-14-15-26-27(18-25)34-30-24(7)29(32)23(6)22(5)28(30)31-26;2*1-16-17(2)23(26-15-20-12-8-5-9-13-20)21(24)18(3)22(16)25-14-19-10-6-4-7-11-19;1-8-5-6-12-13(7-8)19-16-11(4)15(18)10(3)9(2)14(16)17-12;1-9-10(2)14(20-21(7,8)15(4,5)6)11(3)12(16)13(9)17(18)19;1-5-4-8(10)6(2)7(3)9(5)11/h10,12,14-16,18H,8-9,11,13,17H2,1-7H3;2*4-13,24H,14-15H2,1-3H3;5-7H,1-4H3;18-19H,1-8H3;4,10-11H,1-3H3/b20-12+,21-16+;;;;;. The first-order chi connectivity index (χ1) is 64.7. The first-order valence-corrected chi connectivity index (χ1v) is 49.3. The average Bonchev–Trinajstić information content (AvgIpc) is 0.760. The first-order valence-electron chi connectivity index (χ1n) is 46.4. The van der Waals surface area contributed by atoms with Gasteiger partial charge in [-0.1, -0.05) is 177 Å². The minimum absolute atomic E-state index is 0.00503. The molecular weight excluding hydrogens is 1740 g/mol. The molecule has 10 aromatic rings. The van der Waals surface area contributed by atoms with Crippen molar-refractivity contribution in [3.05, 3.63) is 353 Å². The third-order valence-electron chi connectivity index (χ3n) is 25.8. The van der Waals surface area contributed by atoms with Crippen LogP contribution in [0.3, 0.4) is 0 Å². The number of allylic oxidation sites excluding steroid dienone is 5. The van der Waals surface area contributed by atoms with Crippen LogP contribution in [-0.2, 0) is 26.4 Å². The van der Waals surface area contributed by atoms with Crippen molar-refractivity contribution in [3.63, 3.8) is 0 Å². The fraction of sp³-hybridized carbons (Fsp3) is 0.328. The molecule has 14 rings (SSSR count). The lowest BCUT2D eigenvalue weighted by molar-refractivity contribution is 0.0267. The van der Waals surface area contributed by atoms with Gasteiger partial charge in [0.1, 0.15) is 95.6 Å². The van der Waals surface area contributed by atoms with E-state index in [1.165, 1.54) is 16.7 Å². The molecule has 0 atom stereocenters. The number of halogens is 1. The topological polar surface area (TPSA) is 266 Å². The molecule has 0 saturated carbocycles. The second-order valence-corrected chi connectivity index (χ2v) is 42.0. The number of hydrogen-bond donors (Lipinski definition) is 6. The summed E-state index contributed by atoms with van der Waals surface area (Å²) in [4.78, 5) is 34.0. The van der Waals surface area contributed by atoms with Crippen molar-refractivity contribution < 1.29 is 72.2 Å². The molecule has 2 heterocycles. The van der Waals surface area contributed by atoms with Crippen LogP contribution in [0.4, 0.5) is 10.1 Å². The molecule has 0 radical (unpaired) electrons. The zero-order valence-electron chi connectivity index (χ0n) is 85.2. The van der Waals surface area contributed by atoms with Gasteiger partial charge in [-0.05, 0) is 317 Å². The number of ether oxygens (including phenoxy) is 5. The molecule has 0 amide bonds. The average molecular weight is 1880 g/mol. The Morgan fingerprint density at radius 3 is 1.19 bits per heavy atom. The van der Waals surface area contributed by atoms with E-state index in [4.69, 9.17) is 41.9 Å². The van der Waals surface area contributed by atoms with Crippen molar-refractivity contribution in [2.75, 3.05) is 11.8 Å². The number of fused-ring (bicyclic) bond motifs is 4. The van der Waals surface area contributed by atoms with Crippen LogP contribution in [0.2, 0.25) is 18.1 Å². The van der Waals surface area contributed by atoms with Crippen molar-refractivity contribution in [1.82, 2.24) is 9.97 Å². The van der Waals surface area contributed by atoms with Gasteiger partial charge in [0.15, 0.2) is 62.4 Å². The van der Waals surface area contributed by atoms with Crippen LogP contribution in [0.25, 0.3) is 45.1 Å². The van der Waals surface area contributed by atoms with Gasteiger partial charge in [0.2, 0.25) is 0 Å². The van der Waals surface area contributed by atoms with E-state index in [1.54, 1.807) is 61.5 Å². The molecule has 10 aromatic carbocycles. The van der Waals surface area contributed by atoms with Crippen molar-refractivity contribution >= 4 is 36.2 Å². The van der Waals surface area contributed by atoms with E-state index in [9.17, 15) is 44.8 Å². The summed E-state index contributed by atoms with van der Waals surface area (Å²) in [5.74, 6) is 5.03. The molecule has 724 valence electrons. The molecule has 0 spiro atoms. The van der Waals surface area contributed by atoms with Crippen LogP contribution in [0.5, 0.6) is 57.5 Å². The van der Waals surface area contributed by atoms with E-state index in [0.717, 1.165) is 160 Å². The largest absolute Gasteiger partial charge is 0.543 e. The maximum absolute atomic E-state index is 14.4. The van der Waals surface area contributed by atoms with Crippen LogP contribution < -0.4 is 44.2 Å². The highest BCUT2D eigenvalue weighted by atomic mass is 28.4. The molecule has 4 aliphatic rings. The lowest BCUT2D eigenvalue weighted by Crippen LogP contribution is -2.44. The smallest absolute Gasteiger partial charge is 0.250 e. The van der Waals surface area contributed by atoms with Gasteiger partial charge in [-0.15, -0.1) is 5.23 Å². The van der Waals surface area contributed by atoms with Crippen LogP contribution in [0.1, 0.15) is 202 Å². The van der Waals surface area contributed by atoms with Crippen LogP contribution in [-0.4, -0.2) is 55.7 Å². The van der Waals surface area contributed by atoms with Gasteiger partial charge in [0.25, 0.3) is 8.32 Å². The van der Waals surface area contributed by atoms with Crippen molar-refractivity contribution in [1.29, 1.82) is 0 Å². The highest BCUT2D eigenvalue weighted by molar-refractivity contribution is 6.74. The highest BCUT2D eigenvalue weighted by Gasteiger charge is 2.40. The van der Waals surface area contributed by atoms with Crippen LogP contribution in [0.15, 0.2) is 217 Å². The van der Waals surface area contributed by atoms with Crippen LogP contribution in [0, 0.1) is 137 Å². The number of phenols is 4. The van der Waals surface area contributed by atoms with Gasteiger partial charge in [-0.25, -0.2) is 14.4 Å². The lowest BCUT2D eigenvalue weighted by Gasteiger charge is -2.38.